The normalized spacial score (nSPS) is 17.5. The fourth-order valence-electron chi connectivity index (χ4n) is 2.78. The van der Waals surface area contributed by atoms with Crippen molar-refractivity contribution in [3.8, 4) is 11.5 Å². The molecule has 1 fully saturated rings. The van der Waals surface area contributed by atoms with E-state index in [4.69, 9.17) is 21.1 Å². The van der Waals surface area contributed by atoms with Crippen molar-refractivity contribution in [1.82, 2.24) is 4.90 Å². The molecule has 5 nitrogen and oxygen atoms in total. The van der Waals surface area contributed by atoms with E-state index in [-0.39, 0.29) is 24.5 Å². The summed E-state index contributed by atoms with van der Waals surface area (Å²) in [5, 5.41) is 0.111. The monoisotopic (exact) mass is 387 g/mol. The molecule has 2 aliphatic rings. The Kier molecular flexibility index (Phi) is 4.38. The summed E-state index contributed by atoms with van der Waals surface area (Å²) in [6.45, 7) is 2.18. The van der Waals surface area contributed by atoms with Gasteiger partial charge in [-0.3, -0.25) is 14.5 Å². The maximum absolute atomic E-state index is 12.7. The lowest BCUT2D eigenvalue weighted by atomic mass is 10.1. The summed E-state index contributed by atoms with van der Waals surface area (Å²) in [6.07, 6.45) is 1.75. The summed E-state index contributed by atoms with van der Waals surface area (Å²) in [5.74, 6) is 0.802. The highest BCUT2D eigenvalue weighted by molar-refractivity contribution is 8.18. The standard InChI is InChI=1S/C19H14ClNO4S/c1-11-4-2-3-5-12(11)7-17-18(22)21(19(23)26-17)9-13-6-15-16(8-14(13)20)25-10-24-15/h2-8H,9-10H2,1H3/b17-7+. The number of amides is 2. The zero-order valence-electron chi connectivity index (χ0n) is 13.8. The van der Waals surface area contributed by atoms with E-state index in [1.165, 1.54) is 4.90 Å². The Hall–Kier alpha value is -2.44. The molecule has 0 aromatic heterocycles. The van der Waals surface area contributed by atoms with Crippen LogP contribution in [0.4, 0.5) is 4.79 Å². The molecule has 0 saturated carbocycles. The smallest absolute Gasteiger partial charge is 0.293 e. The summed E-state index contributed by atoms with van der Waals surface area (Å²) in [4.78, 5) is 26.6. The minimum absolute atomic E-state index is 0.0885. The minimum atomic E-state index is -0.322. The SMILES string of the molecule is Cc1ccccc1/C=C1/SC(=O)N(Cc2cc3c(cc2Cl)OCO3)C1=O. The van der Waals surface area contributed by atoms with Crippen LogP contribution >= 0.6 is 23.4 Å². The molecule has 0 unspecified atom stereocenters. The van der Waals surface area contributed by atoms with E-state index < -0.39 is 0 Å². The van der Waals surface area contributed by atoms with E-state index in [1.807, 2.05) is 31.2 Å². The van der Waals surface area contributed by atoms with Crippen LogP contribution in [0.15, 0.2) is 41.3 Å². The maximum atomic E-state index is 12.7. The van der Waals surface area contributed by atoms with E-state index in [0.29, 0.717) is 27.0 Å². The molecule has 0 atom stereocenters. The zero-order valence-corrected chi connectivity index (χ0v) is 15.4. The van der Waals surface area contributed by atoms with Gasteiger partial charge in [-0.05, 0) is 47.5 Å². The molecule has 0 aliphatic carbocycles. The largest absolute Gasteiger partial charge is 0.454 e. The molecule has 2 amide bonds. The van der Waals surface area contributed by atoms with Crippen molar-refractivity contribution in [2.45, 2.75) is 13.5 Å². The molecule has 2 heterocycles. The first-order valence-corrected chi connectivity index (χ1v) is 9.11. The summed E-state index contributed by atoms with van der Waals surface area (Å²) in [7, 11) is 0. The van der Waals surface area contributed by atoms with Gasteiger partial charge in [0, 0.05) is 11.1 Å². The van der Waals surface area contributed by atoms with Gasteiger partial charge >= 0.3 is 0 Å². The highest BCUT2D eigenvalue weighted by atomic mass is 35.5. The van der Waals surface area contributed by atoms with Gasteiger partial charge < -0.3 is 9.47 Å². The molecule has 0 spiro atoms. The van der Waals surface area contributed by atoms with Crippen LogP contribution in [0.25, 0.3) is 6.08 Å². The van der Waals surface area contributed by atoms with E-state index in [1.54, 1.807) is 18.2 Å². The molecule has 26 heavy (non-hydrogen) atoms. The van der Waals surface area contributed by atoms with Gasteiger partial charge in [0.2, 0.25) is 6.79 Å². The Bertz CT molecular complexity index is 957. The number of ether oxygens (including phenoxy) is 2. The fraction of sp³-hybridized carbons (Fsp3) is 0.158. The van der Waals surface area contributed by atoms with Crippen molar-refractivity contribution in [2.24, 2.45) is 0 Å². The first-order valence-electron chi connectivity index (χ1n) is 7.92. The number of benzene rings is 2. The Morgan fingerprint density at radius 3 is 2.69 bits per heavy atom. The number of halogens is 1. The zero-order chi connectivity index (χ0) is 18.3. The molecule has 0 bridgehead atoms. The minimum Gasteiger partial charge on any atom is -0.454 e. The Morgan fingerprint density at radius 2 is 1.92 bits per heavy atom. The summed E-state index contributed by atoms with van der Waals surface area (Å²) in [5.41, 5.74) is 2.59. The Labute approximate surface area is 159 Å². The lowest BCUT2D eigenvalue weighted by Crippen LogP contribution is -2.27. The molecule has 0 N–H and O–H groups in total. The van der Waals surface area contributed by atoms with Crippen molar-refractivity contribution in [3.05, 3.63) is 63.0 Å². The number of imide groups is 1. The van der Waals surface area contributed by atoms with Crippen LogP contribution in [-0.2, 0) is 11.3 Å². The van der Waals surface area contributed by atoms with Gasteiger partial charge in [0.25, 0.3) is 11.1 Å². The molecule has 2 aromatic carbocycles. The van der Waals surface area contributed by atoms with Crippen molar-refractivity contribution < 1.29 is 19.1 Å². The quantitative estimate of drug-likeness (QED) is 0.719. The first kappa shape index (κ1) is 17.0. The van der Waals surface area contributed by atoms with Gasteiger partial charge in [0.15, 0.2) is 11.5 Å². The number of carbonyl (C=O) groups is 2. The predicted molar refractivity (Wildman–Crippen MR) is 100 cm³/mol. The highest BCUT2D eigenvalue weighted by Gasteiger charge is 2.35. The highest BCUT2D eigenvalue weighted by Crippen LogP contribution is 2.39. The predicted octanol–water partition coefficient (Wildman–Crippen LogP) is 4.61. The van der Waals surface area contributed by atoms with E-state index in [2.05, 4.69) is 0 Å². The Balaban J connectivity index is 1.60. The number of thioether (sulfide) groups is 1. The molecule has 4 rings (SSSR count). The average molecular weight is 388 g/mol. The summed E-state index contributed by atoms with van der Waals surface area (Å²) >= 11 is 7.20. The first-order chi connectivity index (χ1) is 12.5. The van der Waals surface area contributed by atoms with Gasteiger partial charge in [-0.25, -0.2) is 0 Å². The molecular weight excluding hydrogens is 374 g/mol. The lowest BCUT2D eigenvalue weighted by molar-refractivity contribution is -0.123. The van der Waals surface area contributed by atoms with Crippen LogP contribution in [-0.4, -0.2) is 22.8 Å². The molecule has 1 saturated heterocycles. The summed E-state index contributed by atoms with van der Waals surface area (Å²) < 4.78 is 10.6. The number of hydrogen-bond donors (Lipinski definition) is 0. The van der Waals surface area contributed by atoms with Gasteiger partial charge in [-0.2, -0.15) is 0 Å². The van der Waals surface area contributed by atoms with Crippen LogP contribution in [0, 0.1) is 6.92 Å². The van der Waals surface area contributed by atoms with Crippen LogP contribution in [0.3, 0.4) is 0 Å². The average Bonchev–Trinajstić information content (AvgIpc) is 3.16. The topological polar surface area (TPSA) is 55.8 Å². The number of aryl methyl sites for hydroxylation is 1. The number of carbonyl (C=O) groups excluding carboxylic acids is 2. The third-order valence-electron chi connectivity index (χ3n) is 4.22. The lowest BCUT2D eigenvalue weighted by Gasteiger charge is -2.14. The molecule has 7 heteroatoms. The van der Waals surface area contributed by atoms with Crippen LogP contribution < -0.4 is 9.47 Å². The van der Waals surface area contributed by atoms with Gasteiger partial charge in [-0.1, -0.05) is 35.9 Å². The second-order valence-corrected chi connectivity index (χ2v) is 7.32. The van der Waals surface area contributed by atoms with Crippen molar-refractivity contribution in [2.75, 3.05) is 6.79 Å². The van der Waals surface area contributed by atoms with Crippen LogP contribution in [0.1, 0.15) is 16.7 Å². The molecule has 132 valence electrons. The molecule has 2 aliphatic heterocycles. The third-order valence-corrected chi connectivity index (χ3v) is 5.48. The molecule has 0 radical (unpaired) electrons. The van der Waals surface area contributed by atoms with E-state index >= 15 is 0 Å². The number of hydrogen-bond acceptors (Lipinski definition) is 5. The Morgan fingerprint density at radius 1 is 1.19 bits per heavy atom. The number of rotatable bonds is 3. The molecule has 2 aromatic rings. The van der Waals surface area contributed by atoms with Crippen LogP contribution in [0.5, 0.6) is 11.5 Å². The van der Waals surface area contributed by atoms with Crippen molar-refractivity contribution >= 4 is 40.6 Å². The van der Waals surface area contributed by atoms with Crippen molar-refractivity contribution in [3.63, 3.8) is 0 Å². The van der Waals surface area contributed by atoms with Gasteiger partial charge in [0.05, 0.1) is 11.4 Å². The van der Waals surface area contributed by atoms with Crippen LogP contribution in [0.2, 0.25) is 5.02 Å². The van der Waals surface area contributed by atoms with E-state index in [0.717, 1.165) is 22.9 Å². The molecular formula is C19H14ClNO4S. The summed E-state index contributed by atoms with van der Waals surface area (Å²) in [6, 6.07) is 11.1. The second kappa shape index (κ2) is 6.70. The van der Waals surface area contributed by atoms with Gasteiger partial charge in [0.1, 0.15) is 0 Å². The number of nitrogens with zero attached hydrogens (tertiary/aromatic N) is 1. The van der Waals surface area contributed by atoms with Gasteiger partial charge in [-0.15, -0.1) is 0 Å². The fourth-order valence-corrected chi connectivity index (χ4v) is 3.82. The second-order valence-electron chi connectivity index (χ2n) is 5.92. The van der Waals surface area contributed by atoms with Crippen molar-refractivity contribution in [1.29, 1.82) is 0 Å². The number of fused-ring (bicyclic) bond motifs is 1. The maximum Gasteiger partial charge on any atom is 0.293 e. The van der Waals surface area contributed by atoms with E-state index in [9.17, 15) is 9.59 Å². The third kappa shape index (κ3) is 3.06.